The molecule has 3 saturated heterocycles. The summed E-state index contributed by atoms with van der Waals surface area (Å²) in [6.45, 7) is 19.8. The van der Waals surface area contributed by atoms with E-state index in [1.165, 1.54) is 18.4 Å². The van der Waals surface area contributed by atoms with Gasteiger partial charge in [-0.15, -0.1) is 6.58 Å². The molecule has 0 aromatic rings. The maximum absolute atomic E-state index is 11.4. The number of rotatable bonds is 15. The van der Waals surface area contributed by atoms with Crippen molar-refractivity contribution in [1.82, 2.24) is 0 Å². The van der Waals surface area contributed by atoms with Crippen LogP contribution in [0.3, 0.4) is 0 Å². The molecule has 13 nitrogen and oxygen atoms in total. The van der Waals surface area contributed by atoms with Gasteiger partial charge in [0.25, 0.3) is 0 Å². The number of hydrogen-bond donors (Lipinski definition) is 7. The maximum atomic E-state index is 11.4. The van der Waals surface area contributed by atoms with Crippen LogP contribution >= 0.6 is 0 Å². The molecule has 19 atom stereocenters. The highest BCUT2D eigenvalue weighted by Gasteiger charge is 2.67. The highest BCUT2D eigenvalue weighted by Crippen LogP contribution is 2.75. The van der Waals surface area contributed by atoms with Crippen molar-refractivity contribution in [3.63, 3.8) is 0 Å². The van der Waals surface area contributed by atoms with Crippen molar-refractivity contribution < 1.29 is 64.2 Å². The Balaban J connectivity index is 0.988. The van der Waals surface area contributed by atoms with Gasteiger partial charge >= 0.3 is 0 Å². The normalized spacial score (nSPS) is 46.8. The first-order valence-corrected chi connectivity index (χ1v) is 24.0. The summed E-state index contributed by atoms with van der Waals surface area (Å²) in [7, 11) is 0. The Labute approximate surface area is 370 Å². The molecule has 7 aliphatic rings. The van der Waals surface area contributed by atoms with Gasteiger partial charge in [-0.2, -0.15) is 0 Å². The van der Waals surface area contributed by atoms with Crippen molar-refractivity contribution in [3.8, 4) is 0 Å². The number of allylic oxidation sites excluding steroid dienone is 2. The van der Waals surface area contributed by atoms with E-state index in [0.717, 1.165) is 38.5 Å². The zero-order chi connectivity index (χ0) is 45.0. The zero-order valence-corrected chi connectivity index (χ0v) is 38.7. The van der Waals surface area contributed by atoms with Gasteiger partial charge in [0.15, 0.2) is 18.9 Å². The fourth-order valence-corrected chi connectivity index (χ4v) is 14.1. The molecule has 3 saturated carbocycles. The summed E-state index contributed by atoms with van der Waals surface area (Å²) in [5.41, 5.74) is 0.584. The van der Waals surface area contributed by atoms with E-state index >= 15 is 0 Å². The molecule has 13 heteroatoms. The molecule has 3 unspecified atom stereocenters. The zero-order valence-electron chi connectivity index (χ0n) is 38.7. The van der Waals surface area contributed by atoms with Crippen molar-refractivity contribution in [2.75, 3.05) is 19.8 Å². The number of fused-ring (bicyclic) bond motifs is 5. The van der Waals surface area contributed by atoms with Gasteiger partial charge in [0, 0.05) is 37.5 Å². The SMILES string of the molecule is C=C[C@H](CC[C@@H](O[C@H]1C[C@@H](O)C[C@@H](CO[C@H]2O[C@H](CO)[C@@H](O)C[C@H]2O)O1)C(C)(C)O)C1CC[C@@]2(C)C3CC=C4C(CC[C@H](O[C@H]5C[C@@H](O)C[C@@H](CO)O5)C4(C)C)[C@]3(C)CC[C@]12C. The summed E-state index contributed by atoms with van der Waals surface area (Å²) in [6.07, 6.45) is 7.19. The Kier molecular flexibility index (Phi) is 14.9. The molecule has 3 heterocycles. The van der Waals surface area contributed by atoms with Crippen LogP contribution in [0.4, 0.5) is 0 Å². The standard InChI is InChI=1S/C49H82O13/c1-9-28(10-14-41(46(4,5)56)62-43-23-30(53)21-32(59-43)27-57-44-37(55)24-36(54)38(26-51)60-44)33-16-17-49(8)39-13-11-34-35(47(39,6)18-19-48(33,49)7)12-15-40(45(34,2)3)61-42-22-29(52)20-31(25-50)58-42/h9,11,28-33,35-44,50-56H,1,10,12-27H2,2-8H3/t28-,29+,30+,31+,32+,33?,35?,36+,37-,38-,39?,40+,41-,42+,43+,44+,47+,48-,49+/m1/s1. The summed E-state index contributed by atoms with van der Waals surface area (Å²) in [5.74, 6) is 1.69. The molecule has 0 radical (unpaired) electrons. The smallest absolute Gasteiger partial charge is 0.184 e. The van der Waals surface area contributed by atoms with E-state index in [0.29, 0.717) is 43.4 Å². The van der Waals surface area contributed by atoms with Gasteiger partial charge in [0.05, 0.1) is 68.1 Å². The third-order valence-corrected chi connectivity index (χ3v) is 17.9. The van der Waals surface area contributed by atoms with Crippen molar-refractivity contribution in [2.24, 2.45) is 45.3 Å². The molecule has 0 amide bonds. The second-order valence-corrected chi connectivity index (χ2v) is 22.4. The number of aliphatic hydroxyl groups excluding tert-OH is 6. The third kappa shape index (κ3) is 9.43. The molecule has 7 N–H and O–H groups in total. The van der Waals surface area contributed by atoms with Crippen molar-refractivity contribution in [3.05, 3.63) is 24.3 Å². The minimum absolute atomic E-state index is 0.0102. The summed E-state index contributed by atoms with van der Waals surface area (Å²) in [6, 6.07) is 0. The van der Waals surface area contributed by atoms with Crippen LogP contribution in [0, 0.1) is 45.3 Å². The van der Waals surface area contributed by atoms with Crippen molar-refractivity contribution in [1.29, 1.82) is 0 Å². The van der Waals surface area contributed by atoms with Crippen molar-refractivity contribution in [2.45, 2.75) is 218 Å². The first-order valence-electron chi connectivity index (χ1n) is 24.0. The fraction of sp³-hybridized carbons (Fsp3) is 0.918. The van der Waals surface area contributed by atoms with E-state index in [1.54, 1.807) is 13.8 Å². The molecule has 6 fully saturated rings. The first-order chi connectivity index (χ1) is 29.2. The molecule has 0 aromatic heterocycles. The van der Waals surface area contributed by atoms with Crippen molar-refractivity contribution >= 4 is 0 Å². The molecular formula is C49H82O13. The lowest BCUT2D eigenvalue weighted by atomic mass is 9.39. The average Bonchev–Trinajstić information content (AvgIpc) is 3.47. The Bertz CT molecular complexity index is 1550. The Morgan fingerprint density at radius 2 is 1.50 bits per heavy atom. The van der Waals surface area contributed by atoms with Gasteiger partial charge < -0.3 is 64.2 Å². The van der Waals surface area contributed by atoms with E-state index < -0.39 is 79.9 Å². The fourth-order valence-electron chi connectivity index (χ4n) is 14.1. The largest absolute Gasteiger partial charge is 0.394 e. The van der Waals surface area contributed by atoms with Gasteiger partial charge in [-0.25, -0.2) is 0 Å². The maximum Gasteiger partial charge on any atom is 0.184 e. The van der Waals surface area contributed by atoms with Crippen LogP contribution < -0.4 is 0 Å². The molecule has 62 heavy (non-hydrogen) atoms. The molecule has 0 bridgehead atoms. The Morgan fingerprint density at radius 1 is 0.806 bits per heavy atom. The predicted molar refractivity (Wildman–Crippen MR) is 231 cm³/mol. The van der Waals surface area contributed by atoms with Gasteiger partial charge in [-0.05, 0) is 112 Å². The van der Waals surface area contributed by atoms with E-state index in [4.69, 9.17) is 28.4 Å². The van der Waals surface area contributed by atoms with Gasteiger partial charge in [0.1, 0.15) is 12.2 Å². The number of hydrogen-bond acceptors (Lipinski definition) is 13. The second-order valence-electron chi connectivity index (χ2n) is 22.4. The number of aliphatic hydroxyl groups is 7. The van der Waals surface area contributed by atoms with Gasteiger partial charge in [-0.3, -0.25) is 0 Å². The van der Waals surface area contributed by atoms with Crippen LogP contribution in [0.5, 0.6) is 0 Å². The van der Waals surface area contributed by atoms with Crippen LogP contribution in [-0.4, -0.2) is 135 Å². The van der Waals surface area contributed by atoms with Gasteiger partial charge in [-0.1, -0.05) is 52.3 Å². The average molecular weight is 879 g/mol. The van der Waals surface area contributed by atoms with Crippen LogP contribution in [0.1, 0.15) is 138 Å². The molecule has 4 aliphatic carbocycles. The number of ether oxygens (including phenoxy) is 6. The summed E-state index contributed by atoms with van der Waals surface area (Å²) in [4.78, 5) is 0. The predicted octanol–water partition coefficient (Wildman–Crippen LogP) is 5.29. The minimum Gasteiger partial charge on any atom is -0.394 e. The highest BCUT2D eigenvalue weighted by atomic mass is 16.7. The highest BCUT2D eigenvalue weighted by molar-refractivity contribution is 5.30. The van der Waals surface area contributed by atoms with Crippen LogP contribution in [0.25, 0.3) is 0 Å². The molecule has 0 aromatic carbocycles. The van der Waals surface area contributed by atoms with E-state index in [-0.39, 0.29) is 59.7 Å². The topological polar surface area (TPSA) is 197 Å². The Hall–Kier alpha value is -1.04. The first kappa shape index (κ1) is 48.9. The van der Waals surface area contributed by atoms with Crippen LogP contribution in [0.2, 0.25) is 0 Å². The van der Waals surface area contributed by atoms with E-state index in [9.17, 15) is 35.7 Å². The van der Waals surface area contributed by atoms with Crippen LogP contribution in [-0.2, 0) is 28.4 Å². The summed E-state index contributed by atoms with van der Waals surface area (Å²) in [5, 5.41) is 72.6. The minimum atomic E-state index is -1.18. The lowest BCUT2D eigenvalue weighted by molar-refractivity contribution is -0.296. The Morgan fingerprint density at radius 3 is 2.18 bits per heavy atom. The van der Waals surface area contributed by atoms with Gasteiger partial charge in [0.2, 0.25) is 0 Å². The molecule has 0 spiro atoms. The quantitative estimate of drug-likeness (QED) is 0.105. The molecule has 3 aliphatic heterocycles. The monoisotopic (exact) mass is 879 g/mol. The summed E-state index contributed by atoms with van der Waals surface area (Å²) >= 11 is 0. The third-order valence-electron chi connectivity index (χ3n) is 17.9. The molecule has 7 rings (SSSR count). The molecule has 356 valence electrons. The lowest BCUT2D eigenvalue weighted by Gasteiger charge is -2.66. The van der Waals surface area contributed by atoms with E-state index in [2.05, 4.69) is 53.3 Å². The van der Waals surface area contributed by atoms with E-state index in [1.807, 2.05) is 0 Å². The lowest BCUT2D eigenvalue weighted by Crippen LogP contribution is -2.59. The second kappa shape index (κ2) is 18.9. The van der Waals surface area contributed by atoms with Crippen LogP contribution in [0.15, 0.2) is 24.3 Å². The summed E-state index contributed by atoms with van der Waals surface area (Å²) < 4.78 is 36.9. The molecular weight excluding hydrogens is 797 g/mol.